The predicted octanol–water partition coefficient (Wildman–Crippen LogP) is 2.35. The minimum absolute atomic E-state index is 0.0913. The van der Waals surface area contributed by atoms with E-state index in [4.69, 9.17) is 5.73 Å². The summed E-state index contributed by atoms with van der Waals surface area (Å²) in [5.41, 5.74) is 5.34. The van der Waals surface area contributed by atoms with Crippen LogP contribution in [0.15, 0.2) is 6.33 Å². The van der Waals surface area contributed by atoms with E-state index >= 15 is 0 Å². The zero-order valence-electron chi connectivity index (χ0n) is 11.0. The van der Waals surface area contributed by atoms with Crippen LogP contribution in [-0.2, 0) is 0 Å². The summed E-state index contributed by atoms with van der Waals surface area (Å²) < 4.78 is 0. The van der Waals surface area contributed by atoms with Gasteiger partial charge >= 0.3 is 5.69 Å². The first-order valence-corrected chi connectivity index (χ1v) is 6.64. The zero-order valence-corrected chi connectivity index (χ0v) is 11.0. The standard InChI is InChI=1S/C12H19N5O2/c1-2-8-5-3-4-6-9(8)16-12-10(17(18)19)11(13)14-7-15-12/h7-9H,2-6H2,1H3,(H3,13,14,15,16). The van der Waals surface area contributed by atoms with E-state index in [0.717, 1.165) is 25.7 Å². The van der Waals surface area contributed by atoms with Crippen molar-refractivity contribution in [2.45, 2.75) is 45.1 Å². The van der Waals surface area contributed by atoms with E-state index in [9.17, 15) is 10.1 Å². The molecule has 0 spiro atoms. The summed E-state index contributed by atoms with van der Waals surface area (Å²) in [6, 6.07) is 0.228. The molecule has 2 atom stereocenters. The number of hydrogen-bond acceptors (Lipinski definition) is 6. The molecule has 0 amide bonds. The molecule has 1 aliphatic rings. The van der Waals surface area contributed by atoms with Gasteiger partial charge in [0.2, 0.25) is 11.6 Å². The van der Waals surface area contributed by atoms with Crippen molar-refractivity contribution in [3.63, 3.8) is 0 Å². The highest BCUT2D eigenvalue weighted by atomic mass is 16.6. The van der Waals surface area contributed by atoms with Gasteiger partial charge in [0.05, 0.1) is 4.92 Å². The number of nitrogen functional groups attached to an aromatic ring is 1. The average Bonchev–Trinajstić information content (AvgIpc) is 2.39. The van der Waals surface area contributed by atoms with Gasteiger partial charge < -0.3 is 11.1 Å². The molecule has 1 aliphatic carbocycles. The summed E-state index contributed by atoms with van der Waals surface area (Å²) in [5.74, 6) is 0.679. The van der Waals surface area contributed by atoms with Gasteiger partial charge in [-0.2, -0.15) is 0 Å². The van der Waals surface area contributed by atoms with Crippen LogP contribution in [0.3, 0.4) is 0 Å². The zero-order chi connectivity index (χ0) is 13.8. The first-order chi connectivity index (χ1) is 9.13. The fraction of sp³-hybridized carbons (Fsp3) is 0.667. The molecule has 7 heteroatoms. The van der Waals surface area contributed by atoms with Gasteiger partial charge in [0.25, 0.3) is 0 Å². The first kappa shape index (κ1) is 13.5. The number of nitro groups is 1. The first-order valence-electron chi connectivity index (χ1n) is 6.64. The summed E-state index contributed by atoms with van der Waals surface area (Å²) in [6.45, 7) is 2.15. The molecule has 1 heterocycles. The van der Waals surface area contributed by atoms with Gasteiger partial charge in [-0.3, -0.25) is 10.1 Å². The quantitative estimate of drug-likeness (QED) is 0.639. The van der Waals surface area contributed by atoms with Crippen LogP contribution in [0, 0.1) is 16.0 Å². The van der Waals surface area contributed by atoms with Crippen molar-refractivity contribution in [2.24, 2.45) is 5.92 Å². The number of anilines is 2. The molecule has 104 valence electrons. The Morgan fingerprint density at radius 1 is 1.47 bits per heavy atom. The molecule has 1 aromatic rings. The number of aromatic nitrogens is 2. The predicted molar refractivity (Wildman–Crippen MR) is 72.8 cm³/mol. The monoisotopic (exact) mass is 265 g/mol. The lowest BCUT2D eigenvalue weighted by Crippen LogP contribution is -2.32. The number of hydrogen-bond donors (Lipinski definition) is 2. The summed E-state index contributed by atoms with van der Waals surface area (Å²) in [7, 11) is 0. The van der Waals surface area contributed by atoms with Gasteiger partial charge in [-0.25, -0.2) is 9.97 Å². The Morgan fingerprint density at radius 3 is 2.89 bits per heavy atom. The van der Waals surface area contributed by atoms with Crippen LogP contribution in [0.25, 0.3) is 0 Å². The second kappa shape index (κ2) is 5.81. The topological polar surface area (TPSA) is 107 Å². The molecule has 1 aromatic heterocycles. The molecule has 19 heavy (non-hydrogen) atoms. The van der Waals surface area contributed by atoms with Gasteiger partial charge in [0, 0.05) is 6.04 Å². The maximum absolute atomic E-state index is 11.0. The summed E-state index contributed by atoms with van der Waals surface area (Å²) >= 11 is 0. The van der Waals surface area contributed by atoms with E-state index in [1.54, 1.807) is 0 Å². The van der Waals surface area contributed by atoms with Crippen LogP contribution >= 0.6 is 0 Å². The van der Waals surface area contributed by atoms with Gasteiger partial charge in [-0.15, -0.1) is 0 Å². The molecule has 7 nitrogen and oxygen atoms in total. The number of nitrogens with one attached hydrogen (secondary N) is 1. The number of nitrogens with two attached hydrogens (primary N) is 1. The van der Waals surface area contributed by atoms with Crippen molar-refractivity contribution < 1.29 is 4.92 Å². The van der Waals surface area contributed by atoms with E-state index in [-0.39, 0.29) is 23.4 Å². The van der Waals surface area contributed by atoms with E-state index < -0.39 is 4.92 Å². The van der Waals surface area contributed by atoms with Crippen LogP contribution in [-0.4, -0.2) is 20.9 Å². The third kappa shape index (κ3) is 2.91. The molecular formula is C12H19N5O2. The molecule has 1 fully saturated rings. The molecule has 2 rings (SSSR count). The molecule has 3 N–H and O–H groups in total. The van der Waals surface area contributed by atoms with Crippen LogP contribution in [0.1, 0.15) is 39.0 Å². The Balaban J connectivity index is 2.22. The van der Waals surface area contributed by atoms with Crippen molar-refractivity contribution in [2.75, 3.05) is 11.1 Å². The molecule has 0 bridgehead atoms. The summed E-state index contributed by atoms with van der Waals surface area (Å²) in [6.07, 6.45) is 6.86. The Bertz CT molecular complexity index is 465. The van der Waals surface area contributed by atoms with Crippen molar-refractivity contribution >= 4 is 17.3 Å². The smallest absolute Gasteiger partial charge is 0.352 e. The van der Waals surface area contributed by atoms with E-state index in [0.29, 0.717) is 5.92 Å². The van der Waals surface area contributed by atoms with Gasteiger partial charge in [-0.1, -0.05) is 26.2 Å². The third-order valence-corrected chi connectivity index (χ3v) is 3.79. The number of nitrogens with zero attached hydrogens (tertiary/aromatic N) is 3. The Hall–Kier alpha value is -1.92. The number of rotatable bonds is 4. The van der Waals surface area contributed by atoms with E-state index in [2.05, 4.69) is 22.2 Å². The molecule has 0 saturated heterocycles. The highest BCUT2D eigenvalue weighted by Crippen LogP contribution is 2.32. The second-order valence-corrected chi connectivity index (χ2v) is 4.92. The largest absolute Gasteiger partial charge is 0.378 e. The lowest BCUT2D eigenvalue weighted by molar-refractivity contribution is -0.383. The SMILES string of the molecule is CCC1CCCCC1Nc1ncnc(N)c1[N+](=O)[O-]. The van der Waals surface area contributed by atoms with Crippen LogP contribution < -0.4 is 11.1 Å². The maximum atomic E-state index is 11.0. The molecule has 2 unspecified atom stereocenters. The lowest BCUT2D eigenvalue weighted by atomic mass is 9.83. The highest BCUT2D eigenvalue weighted by Gasteiger charge is 2.28. The molecule has 0 aliphatic heterocycles. The molecule has 0 aromatic carbocycles. The minimum Gasteiger partial charge on any atom is -0.378 e. The van der Waals surface area contributed by atoms with Gasteiger partial charge in [0.1, 0.15) is 6.33 Å². The van der Waals surface area contributed by atoms with Crippen LogP contribution in [0.4, 0.5) is 17.3 Å². The minimum atomic E-state index is -0.526. The van der Waals surface area contributed by atoms with Gasteiger partial charge in [0.15, 0.2) is 0 Å². The van der Waals surface area contributed by atoms with Crippen molar-refractivity contribution in [1.29, 1.82) is 0 Å². The average molecular weight is 265 g/mol. The molecular weight excluding hydrogens is 246 g/mol. The third-order valence-electron chi connectivity index (χ3n) is 3.79. The Labute approximate surface area is 111 Å². The normalized spacial score (nSPS) is 23.0. The molecule has 0 radical (unpaired) electrons. The van der Waals surface area contributed by atoms with Crippen LogP contribution in [0.5, 0.6) is 0 Å². The van der Waals surface area contributed by atoms with Crippen molar-refractivity contribution in [1.82, 2.24) is 9.97 Å². The van der Waals surface area contributed by atoms with E-state index in [1.165, 1.54) is 12.7 Å². The summed E-state index contributed by atoms with van der Waals surface area (Å²) in [5, 5.41) is 14.2. The van der Waals surface area contributed by atoms with E-state index in [1.807, 2.05) is 0 Å². The lowest BCUT2D eigenvalue weighted by Gasteiger charge is -2.31. The summed E-state index contributed by atoms with van der Waals surface area (Å²) in [4.78, 5) is 18.2. The maximum Gasteiger partial charge on any atom is 0.352 e. The second-order valence-electron chi connectivity index (χ2n) is 4.92. The highest BCUT2D eigenvalue weighted by molar-refractivity contribution is 5.67. The fourth-order valence-electron chi connectivity index (χ4n) is 2.74. The molecule has 1 saturated carbocycles. The van der Waals surface area contributed by atoms with Crippen molar-refractivity contribution in [3.05, 3.63) is 16.4 Å². The van der Waals surface area contributed by atoms with Gasteiger partial charge in [-0.05, 0) is 18.8 Å². The Morgan fingerprint density at radius 2 is 2.21 bits per heavy atom. The fourth-order valence-corrected chi connectivity index (χ4v) is 2.74. The van der Waals surface area contributed by atoms with Crippen LogP contribution in [0.2, 0.25) is 0 Å². The van der Waals surface area contributed by atoms with Crippen molar-refractivity contribution in [3.8, 4) is 0 Å². The Kier molecular flexibility index (Phi) is 4.13.